The largest absolute Gasteiger partial charge is 0.605 e. The van der Waals surface area contributed by atoms with Gasteiger partial charge in [-0.25, -0.2) is 0 Å². The monoisotopic (exact) mass is 236 g/mol. The van der Waals surface area contributed by atoms with Gasteiger partial charge in [-0.1, -0.05) is 6.08 Å². The van der Waals surface area contributed by atoms with Crippen LogP contribution in [0.25, 0.3) is 0 Å². The number of esters is 1. The van der Waals surface area contributed by atoms with E-state index in [0.29, 0.717) is 25.9 Å². The van der Waals surface area contributed by atoms with Crippen LogP contribution in [0, 0.1) is 0 Å². The second kappa shape index (κ2) is 8.20. The SMILES string of the molecule is C=CCC(CCC(=O)OCC)[S+]([O-])S. The third kappa shape index (κ3) is 6.34. The maximum Gasteiger partial charge on any atom is 0.305 e. The fraction of sp³-hybridized carbons (Fsp3) is 0.667. The summed E-state index contributed by atoms with van der Waals surface area (Å²) in [5, 5.41) is -0.111. The van der Waals surface area contributed by atoms with Crippen LogP contribution in [0.2, 0.25) is 0 Å². The van der Waals surface area contributed by atoms with Gasteiger partial charge in [0.15, 0.2) is 0 Å². The fourth-order valence-electron chi connectivity index (χ4n) is 0.999. The molecule has 0 spiro atoms. The molecule has 0 N–H and O–H groups in total. The first-order chi connectivity index (χ1) is 6.61. The number of allylic oxidation sites excluding steroid dienone is 1. The summed E-state index contributed by atoms with van der Waals surface area (Å²) in [7, 11) is -1.21. The standard InChI is InChI=1S/C9H16O3S2/c1-3-5-8(14(11)13)6-7-9(10)12-4-2/h3,8H,1,4-7H2,2H3,(H,11,13). The van der Waals surface area contributed by atoms with Gasteiger partial charge in [-0.15, -0.1) is 6.58 Å². The van der Waals surface area contributed by atoms with Gasteiger partial charge in [-0.3, -0.25) is 4.79 Å². The molecule has 0 aliphatic rings. The van der Waals surface area contributed by atoms with Gasteiger partial charge in [0.1, 0.15) is 5.25 Å². The molecule has 0 aliphatic carbocycles. The zero-order valence-corrected chi connectivity index (χ0v) is 9.98. The summed E-state index contributed by atoms with van der Waals surface area (Å²) in [4.78, 5) is 11.0. The Bertz CT molecular complexity index is 183. The molecule has 5 heteroatoms. The number of ether oxygens (including phenoxy) is 1. The summed E-state index contributed by atoms with van der Waals surface area (Å²) in [5.41, 5.74) is 0. The first-order valence-corrected chi connectivity index (χ1v) is 6.74. The lowest BCUT2D eigenvalue weighted by Gasteiger charge is -2.14. The van der Waals surface area contributed by atoms with Gasteiger partial charge in [0.25, 0.3) is 0 Å². The molecule has 0 heterocycles. The molecule has 0 aliphatic heterocycles. The maximum atomic E-state index is 11.1. The minimum Gasteiger partial charge on any atom is -0.605 e. The molecule has 0 aromatic carbocycles. The van der Waals surface area contributed by atoms with E-state index in [1.807, 2.05) is 0 Å². The molecule has 2 unspecified atom stereocenters. The van der Waals surface area contributed by atoms with Crippen molar-refractivity contribution in [2.24, 2.45) is 0 Å². The number of hydrogen-bond donors (Lipinski definition) is 1. The normalized spacial score (nSPS) is 14.5. The number of hydrogen-bond acceptors (Lipinski definition) is 4. The average molecular weight is 236 g/mol. The third-order valence-electron chi connectivity index (χ3n) is 1.69. The van der Waals surface area contributed by atoms with Gasteiger partial charge in [0.05, 0.1) is 24.7 Å². The molecule has 0 radical (unpaired) electrons. The molecule has 82 valence electrons. The van der Waals surface area contributed by atoms with Crippen LogP contribution >= 0.6 is 11.7 Å². The van der Waals surface area contributed by atoms with Crippen molar-refractivity contribution in [2.75, 3.05) is 6.61 Å². The number of carbonyl (C=O) groups is 1. The Balaban J connectivity index is 3.80. The lowest BCUT2D eigenvalue weighted by atomic mass is 10.2. The minimum atomic E-state index is -1.21. The summed E-state index contributed by atoms with van der Waals surface area (Å²) in [6.45, 7) is 5.71. The minimum absolute atomic E-state index is 0.111. The van der Waals surface area contributed by atoms with Crippen molar-refractivity contribution in [3.8, 4) is 0 Å². The van der Waals surface area contributed by atoms with E-state index in [1.54, 1.807) is 13.0 Å². The van der Waals surface area contributed by atoms with Crippen molar-refractivity contribution in [3.05, 3.63) is 12.7 Å². The fourth-order valence-corrected chi connectivity index (χ4v) is 2.19. The van der Waals surface area contributed by atoms with E-state index in [-0.39, 0.29) is 11.2 Å². The van der Waals surface area contributed by atoms with E-state index in [1.165, 1.54) is 0 Å². The second-order valence-electron chi connectivity index (χ2n) is 2.77. The smallest absolute Gasteiger partial charge is 0.305 e. The van der Waals surface area contributed by atoms with E-state index < -0.39 is 10.2 Å². The predicted molar refractivity (Wildman–Crippen MR) is 61.6 cm³/mol. The van der Waals surface area contributed by atoms with Crippen molar-refractivity contribution >= 4 is 27.8 Å². The molecule has 0 aromatic heterocycles. The Hall–Kier alpha value is -0.130. The van der Waals surface area contributed by atoms with Gasteiger partial charge in [0, 0.05) is 23.0 Å². The molecule has 0 bridgehead atoms. The lowest BCUT2D eigenvalue weighted by Crippen LogP contribution is -2.18. The number of thiol groups is 1. The average Bonchev–Trinajstić information content (AvgIpc) is 2.12. The van der Waals surface area contributed by atoms with E-state index >= 15 is 0 Å². The Kier molecular flexibility index (Phi) is 8.12. The van der Waals surface area contributed by atoms with Gasteiger partial charge in [-0.05, 0) is 6.92 Å². The zero-order valence-electron chi connectivity index (χ0n) is 8.27. The molecule has 2 atom stereocenters. The zero-order chi connectivity index (χ0) is 11.0. The van der Waals surface area contributed by atoms with Crippen LogP contribution < -0.4 is 0 Å². The Morgan fingerprint density at radius 2 is 2.43 bits per heavy atom. The maximum absolute atomic E-state index is 11.1. The molecule has 0 saturated carbocycles. The van der Waals surface area contributed by atoms with Crippen LogP contribution in [0.4, 0.5) is 0 Å². The van der Waals surface area contributed by atoms with Crippen molar-refractivity contribution in [3.63, 3.8) is 0 Å². The van der Waals surface area contributed by atoms with Gasteiger partial charge >= 0.3 is 5.97 Å². The van der Waals surface area contributed by atoms with E-state index in [0.717, 1.165) is 0 Å². The van der Waals surface area contributed by atoms with Crippen LogP contribution in [0.3, 0.4) is 0 Å². The Morgan fingerprint density at radius 1 is 1.79 bits per heavy atom. The van der Waals surface area contributed by atoms with E-state index in [4.69, 9.17) is 4.74 Å². The Morgan fingerprint density at radius 3 is 2.86 bits per heavy atom. The summed E-state index contributed by atoms with van der Waals surface area (Å²) in [5.74, 6) is -0.250. The van der Waals surface area contributed by atoms with Crippen LogP contribution in [-0.4, -0.2) is 22.4 Å². The third-order valence-corrected chi connectivity index (χ3v) is 3.58. The number of carbonyl (C=O) groups excluding carboxylic acids is 1. The molecule has 0 aromatic rings. The highest BCUT2D eigenvalue weighted by Gasteiger charge is 2.19. The summed E-state index contributed by atoms with van der Waals surface area (Å²) >= 11 is 3.85. The molecule has 0 fully saturated rings. The summed E-state index contributed by atoms with van der Waals surface area (Å²) < 4.78 is 15.8. The highest BCUT2D eigenvalue weighted by atomic mass is 33.1. The molecular weight excluding hydrogens is 220 g/mol. The Labute approximate surface area is 92.9 Å². The molecule has 0 saturated heterocycles. The molecule has 3 nitrogen and oxygen atoms in total. The summed E-state index contributed by atoms with van der Waals surface area (Å²) in [6, 6.07) is 0. The van der Waals surface area contributed by atoms with Crippen molar-refractivity contribution in [1.82, 2.24) is 0 Å². The highest BCUT2D eigenvalue weighted by Crippen LogP contribution is 2.17. The van der Waals surface area contributed by atoms with Gasteiger partial charge in [-0.2, -0.15) is 0 Å². The molecule has 0 rings (SSSR count). The van der Waals surface area contributed by atoms with E-state index in [9.17, 15) is 9.35 Å². The first-order valence-electron chi connectivity index (χ1n) is 4.48. The molecular formula is C9H16O3S2. The van der Waals surface area contributed by atoms with Gasteiger partial charge < -0.3 is 9.29 Å². The predicted octanol–water partition coefficient (Wildman–Crippen LogP) is 1.87. The topological polar surface area (TPSA) is 49.4 Å². The number of rotatable bonds is 7. The van der Waals surface area contributed by atoms with E-state index in [2.05, 4.69) is 18.2 Å². The van der Waals surface area contributed by atoms with Crippen molar-refractivity contribution in [2.45, 2.75) is 31.4 Å². The van der Waals surface area contributed by atoms with Gasteiger partial charge in [0.2, 0.25) is 0 Å². The van der Waals surface area contributed by atoms with Crippen LogP contribution in [0.15, 0.2) is 12.7 Å². The van der Waals surface area contributed by atoms with Crippen LogP contribution in [0.5, 0.6) is 0 Å². The van der Waals surface area contributed by atoms with Crippen molar-refractivity contribution < 1.29 is 14.1 Å². The lowest BCUT2D eigenvalue weighted by molar-refractivity contribution is -0.143. The van der Waals surface area contributed by atoms with Crippen LogP contribution in [0.1, 0.15) is 26.2 Å². The second-order valence-corrected chi connectivity index (χ2v) is 5.06. The quantitative estimate of drug-likeness (QED) is 0.241. The van der Waals surface area contributed by atoms with Crippen LogP contribution in [-0.2, 0) is 19.7 Å². The molecule has 0 amide bonds. The highest BCUT2D eigenvalue weighted by molar-refractivity contribution is 8.63. The summed E-state index contributed by atoms with van der Waals surface area (Å²) in [6.07, 6.45) is 3.11. The van der Waals surface area contributed by atoms with Crippen molar-refractivity contribution in [1.29, 1.82) is 0 Å². The molecule has 14 heavy (non-hydrogen) atoms. The first kappa shape index (κ1) is 13.9.